The van der Waals surface area contributed by atoms with Gasteiger partial charge in [0.15, 0.2) is 0 Å². The molecule has 2 N–H and O–H groups in total. The smallest absolute Gasteiger partial charge is 0.308 e. The van der Waals surface area contributed by atoms with Gasteiger partial charge in [-0.05, 0) is 24.1 Å². The number of carboxylic acids is 1. The summed E-state index contributed by atoms with van der Waals surface area (Å²) in [5.74, 6) is -1.02. The quantitative estimate of drug-likeness (QED) is 0.830. The van der Waals surface area contributed by atoms with Crippen LogP contribution in [0.2, 0.25) is 5.02 Å². The van der Waals surface area contributed by atoms with Crippen LogP contribution in [0.15, 0.2) is 18.2 Å². The molecule has 2 rings (SSSR count). The van der Waals surface area contributed by atoms with Gasteiger partial charge in [0, 0.05) is 24.0 Å². The van der Waals surface area contributed by atoms with E-state index in [-0.39, 0.29) is 11.8 Å². The maximum absolute atomic E-state index is 11.1. The van der Waals surface area contributed by atoms with Gasteiger partial charge in [-0.1, -0.05) is 23.7 Å². The standard InChI is InChI=1S/C12H14ClNO2/c1-7-4-8(2-3-11(7)13)9-5-14-6-10(9)12(15)16/h2-4,9-10,14H,5-6H2,1H3,(H,15,16). The summed E-state index contributed by atoms with van der Waals surface area (Å²) in [7, 11) is 0. The fraction of sp³-hybridized carbons (Fsp3) is 0.417. The van der Waals surface area contributed by atoms with Crippen molar-refractivity contribution < 1.29 is 9.90 Å². The molecule has 1 aromatic rings. The fourth-order valence-corrected chi connectivity index (χ4v) is 2.30. The van der Waals surface area contributed by atoms with Crippen LogP contribution in [0.3, 0.4) is 0 Å². The third-order valence-corrected chi connectivity index (χ3v) is 3.57. The lowest BCUT2D eigenvalue weighted by atomic mass is 9.88. The van der Waals surface area contributed by atoms with Crippen LogP contribution in [0.5, 0.6) is 0 Å². The highest BCUT2D eigenvalue weighted by Crippen LogP contribution is 2.30. The molecule has 2 atom stereocenters. The molecule has 0 radical (unpaired) electrons. The van der Waals surface area contributed by atoms with Gasteiger partial charge in [-0.25, -0.2) is 0 Å². The Hall–Kier alpha value is -1.06. The van der Waals surface area contributed by atoms with Crippen molar-refractivity contribution in [2.75, 3.05) is 13.1 Å². The van der Waals surface area contributed by atoms with Crippen LogP contribution in [0.25, 0.3) is 0 Å². The molecule has 0 aliphatic carbocycles. The number of nitrogens with one attached hydrogen (secondary N) is 1. The second-order valence-corrected chi connectivity index (χ2v) is 4.63. The van der Waals surface area contributed by atoms with E-state index in [1.165, 1.54) is 0 Å². The summed E-state index contributed by atoms with van der Waals surface area (Å²) in [5, 5.41) is 12.9. The van der Waals surface area contributed by atoms with Crippen LogP contribution in [0.1, 0.15) is 17.0 Å². The minimum Gasteiger partial charge on any atom is -0.481 e. The highest BCUT2D eigenvalue weighted by Gasteiger charge is 2.33. The molecule has 1 fully saturated rings. The summed E-state index contributed by atoms with van der Waals surface area (Å²) >= 11 is 5.95. The first-order valence-corrected chi connectivity index (χ1v) is 5.67. The second-order valence-electron chi connectivity index (χ2n) is 4.22. The van der Waals surface area contributed by atoms with Crippen molar-refractivity contribution in [3.05, 3.63) is 34.3 Å². The molecule has 0 amide bonds. The average Bonchev–Trinajstić information content (AvgIpc) is 2.71. The zero-order chi connectivity index (χ0) is 11.7. The SMILES string of the molecule is Cc1cc(C2CNCC2C(=O)O)ccc1Cl. The predicted octanol–water partition coefficient (Wildman–Crippen LogP) is 2.04. The number of hydrogen-bond acceptors (Lipinski definition) is 2. The third-order valence-electron chi connectivity index (χ3n) is 3.14. The Morgan fingerprint density at radius 3 is 2.88 bits per heavy atom. The van der Waals surface area contributed by atoms with Gasteiger partial charge in [0.25, 0.3) is 0 Å². The summed E-state index contributed by atoms with van der Waals surface area (Å²) in [4.78, 5) is 11.1. The van der Waals surface area contributed by atoms with Crippen molar-refractivity contribution in [3.63, 3.8) is 0 Å². The number of rotatable bonds is 2. The first kappa shape index (κ1) is 11.4. The predicted molar refractivity (Wildman–Crippen MR) is 62.9 cm³/mol. The van der Waals surface area contributed by atoms with E-state index >= 15 is 0 Å². The van der Waals surface area contributed by atoms with Crippen molar-refractivity contribution in [1.29, 1.82) is 0 Å². The molecule has 0 saturated carbocycles. The van der Waals surface area contributed by atoms with Crippen LogP contribution in [0, 0.1) is 12.8 Å². The lowest BCUT2D eigenvalue weighted by molar-refractivity contribution is -0.141. The maximum Gasteiger partial charge on any atom is 0.308 e. The second kappa shape index (κ2) is 4.44. The minimum atomic E-state index is -0.734. The number of halogens is 1. The van der Waals surface area contributed by atoms with Crippen LogP contribution in [-0.4, -0.2) is 24.2 Å². The average molecular weight is 240 g/mol. The maximum atomic E-state index is 11.1. The van der Waals surface area contributed by atoms with E-state index in [4.69, 9.17) is 16.7 Å². The summed E-state index contributed by atoms with van der Waals surface area (Å²) in [6.07, 6.45) is 0. The minimum absolute atomic E-state index is 0.0495. The Labute approximate surface area is 99.4 Å². The molecule has 16 heavy (non-hydrogen) atoms. The van der Waals surface area contributed by atoms with Gasteiger partial charge in [-0.2, -0.15) is 0 Å². The van der Waals surface area contributed by atoms with Gasteiger partial charge in [-0.3, -0.25) is 4.79 Å². The van der Waals surface area contributed by atoms with Crippen LogP contribution in [-0.2, 0) is 4.79 Å². The van der Waals surface area contributed by atoms with E-state index in [0.29, 0.717) is 6.54 Å². The number of aliphatic carboxylic acids is 1. The van der Waals surface area contributed by atoms with Gasteiger partial charge in [-0.15, -0.1) is 0 Å². The van der Waals surface area contributed by atoms with Gasteiger partial charge in [0.1, 0.15) is 0 Å². The van der Waals surface area contributed by atoms with E-state index in [9.17, 15) is 4.79 Å². The van der Waals surface area contributed by atoms with E-state index < -0.39 is 5.97 Å². The third kappa shape index (κ3) is 2.06. The molecule has 1 aliphatic rings. The first-order valence-electron chi connectivity index (χ1n) is 5.29. The fourth-order valence-electron chi connectivity index (χ4n) is 2.19. The van der Waals surface area contributed by atoms with Gasteiger partial charge < -0.3 is 10.4 Å². The normalized spacial score (nSPS) is 24.6. The van der Waals surface area contributed by atoms with Gasteiger partial charge in [0.2, 0.25) is 0 Å². The summed E-state index contributed by atoms with van der Waals surface area (Å²) < 4.78 is 0. The summed E-state index contributed by atoms with van der Waals surface area (Å²) in [6, 6.07) is 5.74. The van der Waals surface area contributed by atoms with Crippen LogP contribution in [0.4, 0.5) is 0 Å². The largest absolute Gasteiger partial charge is 0.481 e. The van der Waals surface area contributed by atoms with Crippen molar-refractivity contribution in [2.45, 2.75) is 12.8 Å². The van der Waals surface area contributed by atoms with Crippen molar-refractivity contribution in [1.82, 2.24) is 5.32 Å². The molecule has 0 aromatic heterocycles. The number of benzene rings is 1. The lowest BCUT2D eigenvalue weighted by Crippen LogP contribution is -2.21. The molecule has 4 heteroatoms. The topological polar surface area (TPSA) is 49.3 Å². The van der Waals surface area contributed by atoms with E-state index in [2.05, 4.69) is 5.32 Å². The van der Waals surface area contributed by atoms with Crippen molar-refractivity contribution >= 4 is 17.6 Å². The molecule has 1 aliphatic heterocycles. The number of carboxylic acid groups (broad SMARTS) is 1. The van der Waals surface area contributed by atoms with Crippen molar-refractivity contribution in [2.24, 2.45) is 5.92 Å². The molecule has 1 aromatic carbocycles. The summed E-state index contributed by atoms with van der Waals surface area (Å²) in [6.45, 7) is 3.20. The Morgan fingerprint density at radius 2 is 2.25 bits per heavy atom. The zero-order valence-electron chi connectivity index (χ0n) is 9.03. The highest BCUT2D eigenvalue weighted by molar-refractivity contribution is 6.31. The lowest BCUT2D eigenvalue weighted by Gasteiger charge is -2.15. The molecule has 86 valence electrons. The highest BCUT2D eigenvalue weighted by atomic mass is 35.5. The number of carbonyl (C=O) groups is 1. The molecular weight excluding hydrogens is 226 g/mol. The monoisotopic (exact) mass is 239 g/mol. The molecule has 1 heterocycles. The molecular formula is C12H14ClNO2. The van der Waals surface area contributed by atoms with Gasteiger partial charge >= 0.3 is 5.97 Å². The molecule has 1 saturated heterocycles. The Bertz CT molecular complexity index is 419. The van der Waals surface area contributed by atoms with Crippen LogP contribution < -0.4 is 5.32 Å². The molecule has 2 unspecified atom stereocenters. The molecule has 0 spiro atoms. The molecule has 3 nitrogen and oxygen atoms in total. The Balaban J connectivity index is 2.29. The zero-order valence-corrected chi connectivity index (χ0v) is 9.79. The Morgan fingerprint density at radius 1 is 1.50 bits per heavy atom. The summed E-state index contributed by atoms with van der Waals surface area (Å²) in [5.41, 5.74) is 2.05. The Kier molecular flexibility index (Phi) is 3.17. The van der Waals surface area contributed by atoms with E-state index in [1.54, 1.807) is 0 Å². The van der Waals surface area contributed by atoms with Crippen LogP contribution >= 0.6 is 11.6 Å². The first-order chi connectivity index (χ1) is 7.59. The number of aryl methyl sites for hydroxylation is 1. The molecule has 0 bridgehead atoms. The van der Waals surface area contributed by atoms with E-state index in [1.807, 2.05) is 25.1 Å². The van der Waals surface area contributed by atoms with Gasteiger partial charge in [0.05, 0.1) is 5.92 Å². The van der Waals surface area contributed by atoms with Crippen molar-refractivity contribution in [3.8, 4) is 0 Å². The number of hydrogen-bond donors (Lipinski definition) is 2. The van der Waals surface area contributed by atoms with E-state index in [0.717, 1.165) is 22.7 Å².